The van der Waals surface area contributed by atoms with E-state index in [0.717, 1.165) is 42.6 Å². The third kappa shape index (κ3) is 3.39. The van der Waals surface area contributed by atoms with E-state index in [2.05, 4.69) is 15.5 Å². The van der Waals surface area contributed by atoms with E-state index in [4.69, 9.17) is 0 Å². The molecule has 3 aromatic rings. The maximum absolute atomic E-state index is 13.3. The van der Waals surface area contributed by atoms with E-state index in [1.807, 2.05) is 42.1 Å². The van der Waals surface area contributed by atoms with Crippen LogP contribution in [0.3, 0.4) is 0 Å². The molecule has 0 atom stereocenters. The lowest BCUT2D eigenvalue weighted by molar-refractivity contribution is 0.0938. The highest BCUT2D eigenvalue weighted by molar-refractivity contribution is 5.93. The second kappa shape index (κ2) is 7.02. The molecule has 1 fully saturated rings. The minimum Gasteiger partial charge on any atom is -0.350 e. The van der Waals surface area contributed by atoms with Gasteiger partial charge in [-0.1, -0.05) is 25.0 Å². The van der Waals surface area contributed by atoms with Crippen LogP contribution in [0.5, 0.6) is 0 Å². The smallest absolute Gasteiger partial charge is 0.269 e. The molecule has 1 aliphatic rings. The number of amides is 1. The third-order valence-electron chi connectivity index (χ3n) is 5.63. The predicted molar refractivity (Wildman–Crippen MR) is 102 cm³/mol. The Bertz CT molecular complexity index is 935. The van der Waals surface area contributed by atoms with Crippen molar-refractivity contribution in [3.05, 3.63) is 65.7 Å². The number of hydrogen-bond donors (Lipinski definition) is 2. The zero-order valence-electron chi connectivity index (χ0n) is 15.3. The molecular formula is C21H23FN4O. The van der Waals surface area contributed by atoms with Crippen molar-refractivity contribution in [3.63, 3.8) is 0 Å². The fourth-order valence-corrected chi connectivity index (χ4v) is 4.06. The Morgan fingerprint density at radius 2 is 2.00 bits per heavy atom. The molecule has 2 heterocycles. The number of aromatic nitrogens is 3. The number of nitrogens with one attached hydrogen (secondary N) is 2. The van der Waals surface area contributed by atoms with E-state index in [0.29, 0.717) is 12.2 Å². The number of hydrogen-bond acceptors (Lipinski definition) is 2. The highest BCUT2D eigenvalue weighted by atomic mass is 19.1. The van der Waals surface area contributed by atoms with Crippen LogP contribution in [-0.2, 0) is 12.5 Å². The molecule has 1 saturated carbocycles. The molecule has 0 unspecified atom stereocenters. The highest BCUT2D eigenvalue weighted by Crippen LogP contribution is 2.40. The van der Waals surface area contributed by atoms with Gasteiger partial charge < -0.3 is 9.88 Å². The summed E-state index contributed by atoms with van der Waals surface area (Å²) >= 11 is 0. The molecule has 2 N–H and O–H groups in total. The first-order chi connectivity index (χ1) is 13.1. The van der Waals surface area contributed by atoms with Crippen LogP contribution in [0, 0.1) is 5.82 Å². The normalized spacial score (nSPS) is 15.8. The van der Waals surface area contributed by atoms with Gasteiger partial charge in [0.2, 0.25) is 0 Å². The average Bonchev–Trinajstić information content (AvgIpc) is 3.41. The first kappa shape index (κ1) is 17.5. The van der Waals surface area contributed by atoms with Crippen LogP contribution >= 0.6 is 0 Å². The fourth-order valence-electron chi connectivity index (χ4n) is 4.06. The molecule has 1 amide bonds. The van der Waals surface area contributed by atoms with Crippen molar-refractivity contribution in [2.45, 2.75) is 31.1 Å². The van der Waals surface area contributed by atoms with E-state index in [9.17, 15) is 9.18 Å². The first-order valence-corrected chi connectivity index (χ1v) is 9.29. The lowest BCUT2D eigenvalue weighted by Crippen LogP contribution is -2.39. The van der Waals surface area contributed by atoms with Gasteiger partial charge in [0, 0.05) is 25.2 Å². The molecule has 1 aliphatic carbocycles. The Hall–Kier alpha value is -2.89. The van der Waals surface area contributed by atoms with E-state index in [1.54, 1.807) is 6.07 Å². The Morgan fingerprint density at radius 1 is 1.26 bits per heavy atom. The minimum absolute atomic E-state index is 0.121. The number of halogens is 1. The van der Waals surface area contributed by atoms with Crippen LogP contribution in [-0.4, -0.2) is 27.2 Å². The van der Waals surface area contributed by atoms with Crippen molar-refractivity contribution >= 4 is 5.91 Å². The molecule has 0 saturated heterocycles. The molecule has 140 valence electrons. The summed E-state index contributed by atoms with van der Waals surface area (Å²) in [4.78, 5) is 12.6. The minimum atomic E-state index is -0.235. The van der Waals surface area contributed by atoms with Crippen LogP contribution in [0.2, 0.25) is 0 Å². The maximum atomic E-state index is 13.3. The second-order valence-corrected chi connectivity index (χ2v) is 7.35. The van der Waals surface area contributed by atoms with Crippen molar-refractivity contribution in [3.8, 4) is 11.4 Å². The van der Waals surface area contributed by atoms with Gasteiger partial charge in [-0.25, -0.2) is 4.39 Å². The molecule has 0 radical (unpaired) electrons. The van der Waals surface area contributed by atoms with Gasteiger partial charge in [0.1, 0.15) is 17.2 Å². The van der Waals surface area contributed by atoms with Crippen molar-refractivity contribution in [2.24, 2.45) is 7.05 Å². The van der Waals surface area contributed by atoms with Gasteiger partial charge in [0.05, 0.1) is 5.69 Å². The largest absolute Gasteiger partial charge is 0.350 e. The molecule has 2 aromatic heterocycles. The van der Waals surface area contributed by atoms with Gasteiger partial charge in [0.25, 0.3) is 5.91 Å². The van der Waals surface area contributed by atoms with Crippen LogP contribution in [0.1, 0.15) is 41.7 Å². The van der Waals surface area contributed by atoms with Gasteiger partial charge in [-0.05, 0) is 48.7 Å². The molecule has 1 aromatic carbocycles. The predicted octanol–water partition coefficient (Wildman–Crippen LogP) is 3.80. The van der Waals surface area contributed by atoms with Gasteiger partial charge >= 0.3 is 0 Å². The number of rotatable bonds is 5. The van der Waals surface area contributed by atoms with E-state index < -0.39 is 0 Å². The summed E-state index contributed by atoms with van der Waals surface area (Å²) < 4.78 is 15.3. The van der Waals surface area contributed by atoms with Gasteiger partial charge in [-0.2, -0.15) is 5.10 Å². The van der Waals surface area contributed by atoms with Crippen LogP contribution in [0.15, 0.2) is 48.7 Å². The van der Waals surface area contributed by atoms with E-state index >= 15 is 0 Å². The summed E-state index contributed by atoms with van der Waals surface area (Å²) in [5, 5.41) is 10.1. The molecular weight excluding hydrogens is 343 g/mol. The lowest BCUT2D eigenvalue weighted by atomic mass is 9.79. The van der Waals surface area contributed by atoms with Gasteiger partial charge in [0.15, 0.2) is 0 Å². The summed E-state index contributed by atoms with van der Waals surface area (Å²) in [6, 6.07) is 12.4. The summed E-state index contributed by atoms with van der Waals surface area (Å²) in [6.07, 6.45) is 6.17. The summed E-state index contributed by atoms with van der Waals surface area (Å²) in [5.74, 6) is -0.405. The average molecular weight is 366 g/mol. The second-order valence-electron chi connectivity index (χ2n) is 7.35. The first-order valence-electron chi connectivity index (χ1n) is 9.29. The molecule has 0 spiro atoms. The number of nitrogens with zero attached hydrogens (tertiary/aromatic N) is 2. The van der Waals surface area contributed by atoms with E-state index in [1.165, 1.54) is 12.1 Å². The summed E-state index contributed by atoms with van der Waals surface area (Å²) in [7, 11) is 1.94. The third-order valence-corrected chi connectivity index (χ3v) is 5.63. The number of H-pyrrole nitrogens is 1. The Balaban J connectivity index is 1.48. The summed E-state index contributed by atoms with van der Waals surface area (Å²) in [5.41, 5.74) is 3.10. The SMILES string of the molecule is Cn1cccc1-c1cc(C(=O)NCC2(c3ccc(F)cc3)CCCC2)[nH]n1. The number of carbonyl (C=O) groups excluding carboxylic acids is 1. The zero-order chi connectivity index (χ0) is 18.9. The Labute approximate surface area is 157 Å². The van der Waals surface area contributed by atoms with Crippen molar-refractivity contribution in [1.29, 1.82) is 0 Å². The molecule has 0 aliphatic heterocycles. The van der Waals surface area contributed by atoms with Crippen molar-refractivity contribution in [2.75, 3.05) is 6.54 Å². The monoisotopic (exact) mass is 366 g/mol. The molecule has 5 nitrogen and oxygen atoms in total. The molecule has 4 rings (SSSR count). The van der Waals surface area contributed by atoms with E-state index in [-0.39, 0.29) is 17.1 Å². The fraction of sp³-hybridized carbons (Fsp3) is 0.333. The van der Waals surface area contributed by atoms with Crippen LogP contribution in [0.4, 0.5) is 4.39 Å². The topological polar surface area (TPSA) is 62.7 Å². The van der Waals surface area contributed by atoms with Crippen molar-refractivity contribution < 1.29 is 9.18 Å². The number of aryl methyl sites for hydroxylation is 1. The van der Waals surface area contributed by atoms with Crippen LogP contribution < -0.4 is 5.32 Å². The van der Waals surface area contributed by atoms with Gasteiger partial charge in [-0.3, -0.25) is 9.89 Å². The number of carbonyl (C=O) groups is 1. The Kier molecular flexibility index (Phi) is 4.56. The summed E-state index contributed by atoms with van der Waals surface area (Å²) in [6.45, 7) is 0.538. The quantitative estimate of drug-likeness (QED) is 0.721. The maximum Gasteiger partial charge on any atom is 0.269 e. The number of benzene rings is 1. The molecule has 6 heteroatoms. The molecule has 27 heavy (non-hydrogen) atoms. The number of aromatic amines is 1. The van der Waals surface area contributed by atoms with Crippen LogP contribution in [0.25, 0.3) is 11.4 Å². The Morgan fingerprint density at radius 3 is 2.67 bits per heavy atom. The molecule has 0 bridgehead atoms. The van der Waals surface area contributed by atoms with Gasteiger partial charge in [-0.15, -0.1) is 0 Å². The van der Waals surface area contributed by atoms with Crippen molar-refractivity contribution in [1.82, 2.24) is 20.1 Å². The lowest BCUT2D eigenvalue weighted by Gasteiger charge is -2.30. The standard InChI is InChI=1S/C21H23FN4O/c1-26-12-4-5-19(26)17-13-18(25-24-17)20(27)23-14-21(10-2-3-11-21)15-6-8-16(22)9-7-15/h4-9,12-13H,2-3,10-11,14H2,1H3,(H,23,27)(H,24,25). The highest BCUT2D eigenvalue weighted by Gasteiger charge is 2.36. The zero-order valence-corrected chi connectivity index (χ0v) is 15.3.